The number of carbonyl (C=O) groups excluding carboxylic acids is 2. The molecule has 5 rings (SSSR count). The lowest BCUT2D eigenvalue weighted by atomic mass is 9.97. The number of benzene rings is 3. The molecule has 3 aromatic rings. The summed E-state index contributed by atoms with van der Waals surface area (Å²) in [6.45, 7) is 3.01. The predicted molar refractivity (Wildman–Crippen MR) is 160 cm³/mol. The van der Waals surface area contributed by atoms with Crippen molar-refractivity contribution in [3.05, 3.63) is 83.4 Å². The molecule has 3 aromatic carbocycles. The first-order valence-electron chi connectivity index (χ1n) is 14.1. The van der Waals surface area contributed by atoms with Crippen molar-refractivity contribution in [2.24, 2.45) is 5.92 Å². The van der Waals surface area contributed by atoms with Gasteiger partial charge in [-0.2, -0.15) is 4.31 Å². The maximum absolute atomic E-state index is 13.9. The molecule has 2 aliphatic heterocycles. The lowest BCUT2D eigenvalue weighted by molar-refractivity contribution is -0.129. The van der Waals surface area contributed by atoms with Crippen LogP contribution in [0.25, 0.3) is 0 Å². The van der Waals surface area contributed by atoms with E-state index in [0.29, 0.717) is 56.1 Å². The number of carbonyl (C=O) groups is 2. The van der Waals surface area contributed by atoms with Crippen LogP contribution in [0.3, 0.4) is 0 Å². The molecule has 0 saturated carbocycles. The zero-order valence-electron chi connectivity index (χ0n) is 23.4. The van der Waals surface area contributed by atoms with Crippen LogP contribution in [0, 0.1) is 5.92 Å². The van der Waals surface area contributed by atoms with Crippen LogP contribution in [0.2, 0.25) is 5.02 Å². The van der Waals surface area contributed by atoms with Crippen molar-refractivity contribution in [1.82, 2.24) is 9.62 Å². The summed E-state index contributed by atoms with van der Waals surface area (Å²) < 4.78 is 39.8. The van der Waals surface area contributed by atoms with Crippen LogP contribution >= 0.6 is 11.6 Å². The number of fused-ring (bicyclic) bond motifs is 1. The molecule has 1 saturated heterocycles. The summed E-state index contributed by atoms with van der Waals surface area (Å²) in [5, 5.41) is 3.13. The fourth-order valence-corrected chi connectivity index (χ4v) is 7.16. The van der Waals surface area contributed by atoms with Crippen LogP contribution in [0.15, 0.2) is 77.7 Å². The number of nitrogens with zero attached hydrogens (tertiary/aromatic N) is 2. The van der Waals surface area contributed by atoms with Crippen LogP contribution in [-0.2, 0) is 26.0 Å². The van der Waals surface area contributed by atoms with Gasteiger partial charge in [-0.1, -0.05) is 54.1 Å². The maximum atomic E-state index is 13.9. The Morgan fingerprint density at radius 3 is 2.57 bits per heavy atom. The van der Waals surface area contributed by atoms with Gasteiger partial charge in [0.1, 0.15) is 11.5 Å². The van der Waals surface area contributed by atoms with Gasteiger partial charge in [-0.25, -0.2) is 8.42 Å². The van der Waals surface area contributed by atoms with E-state index < -0.39 is 22.0 Å². The molecule has 1 N–H and O–H groups in total. The standard InChI is InChI=1S/C31H34ClN3O6S/c1-2-40-27-15-14-24(19-25(27)32)42(38,39)34-18-8-11-23(20-34)31(37)35-21-29(41-28-13-7-6-12-26(28)35)30(36)33-17-16-22-9-4-3-5-10-22/h3-7,9-10,12-15,19,23,29H,2,8,11,16-18,20-21H2,1H3,(H,33,36). The average Bonchev–Trinajstić information content (AvgIpc) is 3.01. The molecule has 222 valence electrons. The van der Waals surface area contributed by atoms with Crippen molar-refractivity contribution in [1.29, 1.82) is 0 Å². The van der Waals surface area contributed by atoms with Gasteiger partial charge in [0.2, 0.25) is 15.9 Å². The minimum atomic E-state index is -3.90. The number of rotatable bonds is 9. The fourth-order valence-electron chi connectivity index (χ4n) is 5.31. The molecule has 2 unspecified atom stereocenters. The summed E-state index contributed by atoms with van der Waals surface area (Å²) in [6.07, 6.45) is 0.830. The molecule has 1 fully saturated rings. The Kier molecular flexibility index (Phi) is 9.35. The van der Waals surface area contributed by atoms with Crippen LogP contribution in [-0.4, -0.2) is 63.4 Å². The van der Waals surface area contributed by atoms with Crippen molar-refractivity contribution >= 4 is 39.1 Å². The summed E-state index contributed by atoms with van der Waals surface area (Å²) in [4.78, 5) is 28.6. The van der Waals surface area contributed by atoms with Gasteiger partial charge in [0.15, 0.2) is 6.10 Å². The summed E-state index contributed by atoms with van der Waals surface area (Å²) >= 11 is 6.27. The molecule has 42 heavy (non-hydrogen) atoms. The first kappa shape index (κ1) is 29.9. The zero-order valence-corrected chi connectivity index (χ0v) is 24.9. The highest BCUT2D eigenvalue weighted by molar-refractivity contribution is 7.89. The quantitative estimate of drug-likeness (QED) is 0.387. The van der Waals surface area contributed by atoms with Crippen LogP contribution < -0.4 is 19.7 Å². The number of halogens is 1. The molecule has 0 bridgehead atoms. The van der Waals surface area contributed by atoms with E-state index in [1.165, 1.54) is 16.4 Å². The zero-order chi connectivity index (χ0) is 29.7. The number of hydrogen-bond acceptors (Lipinski definition) is 6. The van der Waals surface area contributed by atoms with Crippen LogP contribution in [0.4, 0.5) is 5.69 Å². The van der Waals surface area contributed by atoms with E-state index in [0.717, 1.165) is 5.56 Å². The lowest BCUT2D eigenvalue weighted by Crippen LogP contribution is -2.54. The van der Waals surface area contributed by atoms with Crippen LogP contribution in [0.5, 0.6) is 11.5 Å². The Bertz CT molecular complexity index is 1530. The molecule has 0 radical (unpaired) electrons. The predicted octanol–water partition coefficient (Wildman–Crippen LogP) is 4.29. The lowest BCUT2D eigenvalue weighted by Gasteiger charge is -2.38. The molecule has 2 aliphatic rings. The Morgan fingerprint density at radius 1 is 1.05 bits per heavy atom. The SMILES string of the molecule is CCOc1ccc(S(=O)(=O)N2CCCC(C(=O)N3CC(C(=O)NCCc4ccccc4)Oc4ccccc43)C2)cc1Cl. The second-order valence-corrected chi connectivity index (χ2v) is 12.6. The van der Waals surface area contributed by atoms with Crippen molar-refractivity contribution in [3.8, 4) is 11.5 Å². The molecule has 2 amide bonds. The van der Waals surface area contributed by atoms with E-state index in [1.54, 1.807) is 35.2 Å². The van der Waals surface area contributed by atoms with E-state index in [2.05, 4.69) is 5.32 Å². The summed E-state index contributed by atoms with van der Waals surface area (Å²) in [6, 6.07) is 21.3. The smallest absolute Gasteiger partial charge is 0.262 e. The van der Waals surface area contributed by atoms with E-state index in [1.807, 2.05) is 37.3 Å². The number of ether oxygens (including phenoxy) is 2. The van der Waals surface area contributed by atoms with E-state index in [9.17, 15) is 18.0 Å². The third-order valence-corrected chi connectivity index (χ3v) is 9.62. The van der Waals surface area contributed by atoms with E-state index >= 15 is 0 Å². The van der Waals surface area contributed by atoms with Gasteiger partial charge in [-0.15, -0.1) is 0 Å². The first-order valence-corrected chi connectivity index (χ1v) is 15.9. The van der Waals surface area contributed by atoms with Gasteiger partial charge in [-0.05, 0) is 62.1 Å². The van der Waals surface area contributed by atoms with Gasteiger partial charge in [-0.3, -0.25) is 9.59 Å². The number of piperidine rings is 1. The highest BCUT2D eigenvalue weighted by Gasteiger charge is 2.39. The van der Waals surface area contributed by atoms with E-state index in [-0.39, 0.29) is 34.8 Å². The third kappa shape index (κ3) is 6.56. The molecular formula is C31H34ClN3O6S. The highest BCUT2D eigenvalue weighted by Crippen LogP contribution is 2.36. The number of hydrogen-bond donors (Lipinski definition) is 1. The minimum Gasteiger partial charge on any atom is -0.492 e. The summed E-state index contributed by atoms with van der Waals surface area (Å²) in [5.74, 6) is -0.283. The molecule has 0 spiro atoms. The molecule has 11 heteroatoms. The number of para-hydroxylation sites is 2. The van der Waals surface area contributed by atoms with Gasteiger partial charge < -0.3 is 19.7 Å². The number of nitrogens with one attached hydrogen (secondary N) is 1. The average molecular weight is 612 g/mol. The molecule has 0 aliphatic carbocycles. The molecule has 0 aromatic heterocycles. The van der Waals surface area contributed by atoms with E-state index in [4.69, 9.17) is 21.1 Å². The molecule has 2 heterocycles. The Balaban J connectivity index is 1.29. The second kappa shape index (κ2) is 13.1. The summed E-state index contributed by atoms with van der Waals surface area (Å²) in [5.41, 5.74) is 1.67. The minimum absolute atomic E-state index is 0.0272. The molecule has 9 nitrogen and oxygen atoms in total. The van der Waals surface area contributed by atoms with Gasteiger partial charge >= 0.3 is 0 Å². The number of anilines is 1. The number of amides is 2. The molecular weight excluding hydrogens is 578 g/mol. The van der Waals surface area contributed by atoms with Crippen molar-refractivity contribution < 1.29 is 27.5 Å². The second-order valence-electron chi connectivity index (χ2n) is 10.3. The van der Waals surface area contributed by atoms with Gasteiger partial charge in [0.05, 0.1) is 34.7 Å². The van der Waals surface area contributed by atoms with Gasteiger partial charge in [0.25, 0.3) is 5.91 Å². The number of sulfonamides is 1. The van der Waals surface area contributed by atoms with Gasteiger partial charge in [0, 0.05) is 19.6 Å². The normalized spacial score (nSPS) is 19.0. The third-order valence-electron chi connectivity index (χ3n) is 7.46. The highest BCUT2D eigenvalue weighted by atomic mass is 35.5. The van der Waals surface area contributed by atoms with Crippen molar-refractivity contribution in [3.63, 3.8) is 0 Å². The van der Waals surface area contributed by atoms with Crippen molar-refractivity contribution in [2.75, 3.05) is 37.7 Å². The Labute approximate surface area is 251 Å². The fraction of sp³-hybridized carbons (Fsp3) is 0.355. The topological polar surface area (TPSA) is 105 Å². The Morgan fingerprint density at radius 2 is 1.81 bits per heavy atom. The van der Waals surface area contributed by atoms with Crippen molar-refractivity contribution in [2.45, 2.75) is 37.2 Å². The first-order chi connectivity index (χ1) is 20.3. The molecule has 2 atom stereocenters. The maximum Gasteiger partial charge on any atom is 0.262 e. The summed E-state index contributed by atoms with van der Waals surface area (Å²) in [7, 11) is -3.90. The van der Waals surface area contributed by atoms with Crippen LogP contribution in [0.1, 0.15) is 25.3 Å². The Hall–Kier alpha value is -3.60. The monoisotopic (exact) mass is 611 g/mol. The largest absolute Gasteiger partial charge is 0.492 e.